The molecule has 0 radical (unpaired) electrons. The van der Waals surface area contributed by atoms with Crippen LogP contribution in [0, 0.1) is 5.95 Å². The van der Waals surface area contributed by atoms with Crippen LogP contribution in [0.4, 0.5) is 17.6 Å². The number of carbonyl (C=O) groups is 1. The zero-order valence-corrected chi connectivity index (χ0v) is 15.7. The summed E-state index contributed by atoms with van der Waals surface area (Å²) in [4.78, 5) is 15.7. The lowest BCUT2D eigenvalue weighted by Gasteiger charge is -2.13. The van der Waals surface area contributed by atoms with Crippen LogP contribution in [-0.2, 0) is 12.6 Å². The number of alkyl halides is 3. The van der Waals surface area contributed by atoms with Gasteiger partial charge < -0.3 is 5.32 Å². The van der Waals surface area contributed by atoms with E-state index in [2.05, 4.69) is 10.3 Å². The molecule has 0 saturated carbocycles. The lowest BCUT2D eigenvalue weighted by Crippen LogP contribution is -2.28. The molecule has 0 aliphatic heterocycles. The van der Waals surface area contributed by atoms with Crippen molar-refractivity contribution in [3.8, 4) is 11.1 Å². The second kappa shape index (κ2) is 8.61. The van der Waals surface area contributed by atoms with Gasteiger partial charge in [-0.05, 0) is 47.4 Å². The molecule has 0 atom stereocenters. The number of amides is 1. The molecule has 8 heteroatoms. The van der Waals surface area contributed by atoms with Gasteiger partial charge in [0.25, 0.3) is 5.91 Å². The van der Waals surface area contributed by atoms with Gasteiger partial charge in [-0.15, -0.1) is 0 Å². The molecule has 3 nitrogen and oxygen atoms in total. The molecule has 0 aliphatic carbocycles. The zero-order chi connectivity index (χ0) is 21.0. The number of benzene rings is 2. The van der Waals surface area contributed by atoms with Crippen LogP contribution in [0.15, 0.2) is 60.8 Å². The third kappa shape index (κ3) is 5.12. The number of rotatable bonds is 5. The van der Waals surface area contributed by atoms with E-state index < -0.39 is 29.2 Å². The van der Waals surface area contributed by atoms with E-state index in [1.54, 1.807) is 24.3 Å². The Hall–Kier alpha value is -2.93. The third-order valence-electron chi connectivity index (χ3n) is 4.27. The maximum Gasteiger partial charge on any atom is 0.417 e. The van der Waals surface area contributed by atoms with Crippen LogP contribution in [0.3, 0.4) is 0 Å². The van der Waals surface area contributed by atoms with Gasteiger partial charge in [0, 0.05) is 23.8 Å². The summed E-state index contributed by atoms with van der Waals surface area (Å²) >= 11 is 6.27. The summed E-state index contributed by atoms with van der Waals surface area (Å²) in [5, 5.41) is 2.89. The van der Waals surface area contributed by atoms with Crippen molar-refractivity contribution in [3.63, 3.8) is 0 Å². The monoisotopic (exact) mass is 422 g/mol. The van der Waals surface area contributed by atoms with Crippen molar-refractivity contribution < 1.29 is 22.4 Å². The molecule has 29 heavy (non-hydrogen) atoms. The second-order valence-electron chi connectivity index (χ2n) is 6.22. The Bertz CT molecular complexity index is 1040. The normalized spacial score (nSPS) is 11.3. The fourth-order valence-corrected chi connectivity index (χ4v) is 3.12. The van der Waals surface area contributed by atoms with Gasteiger partial charge in [-0.25, -0.2) is 4.98 Å². The van der Waals surface area contributed by atoms with E-state index >= 15 is 0 Å². The minimum absolute atomic E-state index is 0.105. The quantitative estimate of drug-likeness (QED) is 0.434. The molecule has 1 heterocycles. The molecule has 3 aromatic rings. The number of hydrogen-bond donors (Lipinski definition) is 1. The van der Waals surface area contributed by atoms with E-state index in [0.29, 0.717) is 28.1 Å². The average Bonchev–Trinajstić information content (AvgIpc) is 2.68. The van der Waals surface area contributed by atoms with Crippen molar-refractivity contribution in [1.82, 2.24) is 10.3 Å². The van der Waals surface area contributed by atoms with Crippen LogP contribution in [0.2, 0.25) is 5.02 Å². The van der Waals surface area contributed by atoms with Crippen LogP contribution in [0.5, 0.6) is 0 Å². The fraction of sp³-hybridized carbons (Fsp3) is 0.143. The highest BCUT2D eigenvalue weighted by atomic mass is 35.5. The van der Waals surface area contributed by atoms with Gasteiger partial charge >= 0.3 is 6.18 Å². The molecule has 3 rings (SSSR count). The molecule has 0 unspecified atom stereocenters. The molecule has 0 fully saturated rings. The zero-order valence-electron chi connectivity index (χ0n) is 14.9. The number of halogens is 5. The molecule has 0 spiro atoms. The molecule has 2 aromatic carbocycles. The number of aromatic nitrogens is 1. The SMILES string of the molecule is O=C(NCCc1ccc(-c2ccnc(F)c2)cc1Cl)c1ccccc1C(F)(F)F. The lowest BCUT2D eigenvalue weighted by atomic mass is 10.0. The summed E-state index contributed by atoms with van der Waals surface area (Å²) in [6.07, 6.45) is -2.94. The number of hydrogen-bond acceptors (Lipinski definition) is 2. The summed E-state index contributed by atoms with van der Waals surface area (Å²) in [7, 11) is 0. The van der Waals surface area contributed by atoms with Gasteiger partial charge in [-0.3, -0.25) is 4.79 Å². The second-order valence-corrected chi connectivity index (χ2v) is 6.63. The number of pyridine rings is 1. The predicted octanol–water partition coefficient (Wildman–Crippen LogP) is 5.53. The Kier molecular flexibility index (Phi) is 6.17. The summed E-state index contributed by atoms with van der Waals surface area (Å²) in [6, 6.07) is 12.7. The molecular weight excluding hydrogens is 408 g/mol. The molecular formula is C21H15ClF4N2O. The van der Waals surface area contributed by atoms with E-state index in [9.17, 15) is 22.4 Å². The maximum atomic E-state index is 13.3. The number of carbonyl (C=O) groups excluding carboxylic acids is 1. The Morgan fingerprint density at radius 3 is 2.45 bits per heavy atom. The molecule has 150 valence electrons. The Balaban J connectivity index is 1.66. The summed E-state index contributed by atoms with van der Waals surface area (Å²) in [5.41, 5.74) is 0.603. The lowest BCUT2D eigenvalue weighted by molar-refractivity contribution is -0.137. The summed E-state index contributed by atoms with van der Waals surface area (Å²) < 4.78 is 52.3. The van der Waals surface area contributed by atoms with Crippen molar-refractivity contribution in [2.75, 3.05) is 6.54 Å². The smallest absolute Gasteiger partial charge is 0.352 e. The van der Waals surface area contributed by atoms with Gasteiger partial charge in [-0.1, -0.05) is 35.9 Å². The highest BCUT2D eigenvalue weighted by Crippen LogP contribution is 2.32. The number of nitrogens with zero attached hydrogens (tertiary/aromatic N) is 1. The Labute approximate surface area is 169 Å². The van der Waals surface area contributed by atoms with Gasteiger partial charge in [-0.2, -0.15) is 17.6 Å². The first kappa shape index (κ1) is 20.8. The Morgan fingerprint density at radius 1 is 1.03 bits per heavy atom. The van der Waals surface area contributed by atoms with Gasteiger partial charge in [0.2, 0.25) is 5.95 Å². The Morgan fingerprint density at radius 2 is 1.76 bits per heavy atom. The van der Waals surface area contributed by atoms with Crippen molar-refractivity contribution in [2.24, 2.45) is 0 Å². The van der Waals surface area contributed by atoms with Crippen LogP contribution < -0.4 is 5.32 Å². The summed E-state index contributed by atoms with van der Waals surface area (Å²) in [5.74, 6) is -1.41. The van der Waals surface area contributed by atoms with Gasteiger partial charge in [0.1, 0.15) is 0 Å². The van der Waals surface area contributed by atoms with Crippen molar-refractivity contribution >= 4 is 17.5 Å². The topological polar surface area (TPSA) is 42.0 Å². The fourth-order valence-electron chi connectivity index (χ4n) is 2.85. The minimum Gasteiger partial charge on any atom is -0.352 e. The van der Waals surface area contributed by atoms with Crippen molar-refractivity contribution in [3.05, 3.63) is 88.5 Å². The average molecular weight is 423 g/mol. The largest absolute Gasteiger partial charge is 0.417 e. The highest BCUT2D eigenvalue weighted by Gasteiger charge is 2.34. The molecule has 0 bridgehead atoms. The molecule has 1 aromatic heterocycles. The van der Waals surface area contributed by atoms with Crippen molar-refractivity contribution in [1.29, 1.82) is 0 Å². The van der Waals surface area contributed by atoms with Gasteiger partial charge in [0.15, 0.2) is 0 Å². The predicted molar refractivity (Wildman–Crippen MR) is 102 cm³/mol. The van der Waals surface area contributed by atoms with E-state index in [-0.39, 0.29) is 6.54 Å². The number of nitrogens with one attached hydrogen (secondary N) is 1. The minimum atomic E-state index is -4.61. The van der Waals surface area contributed by atoms with Crippen LogP contribution >= 0.6 is 11.6 Å². The molecule has 1 N–H and O–H groups in total. The molecule has 0 saturated heterocycles. The van der Waals surface area contributed by atoms with E-state index in [1.807, 2.05) is 0 Å². The summed E-state index contributed by atoms with van der Waals surface area (Å²) in [6.45, 7) is 0.105. The van der Waals surface area contributed by atoms with Crippen LogP contribution in [-0.4, -0.2) is 17.4 Å². The van der Waals surface area contributed by atoms with Crippen molar-refractivity contribution in [2.45, 2.75) is 12.6 Å². The maximum absolute atomic E-state index is 13.3. The first-order valence-corrected chi connectivity index (χ1v) is 8.98. The third-order valence-corrected chi connectivity index (χ3v) is 4.62. The van der Waals surface area contributed by atoms with E-state index in [0.717, 1.165) is 12.1 Å². The first-order chi connectivity index (χ1) is 13.8. The van der Waals surface area contributed by atoms with Crippen LogP contribution in [0.1, 0.15) is 21.5 Å². The highest BCUT2D eigenvalue weighted by molar-refractivity contribution is 6.31. The van der Waals surface area contributed by atoms with Gasteiger partial charge in [0.05, 0.1) is 11.1 Å². The van der Waals surface area contributed by atoms with E-state index in [4.69, 9.17) is 11.6 Å². The van der Waals surface area contributed by atoms with Crippen LogP contribution in [0.25, 0.3) is 11.1 Å². The first-order valence-electron chi connectivity index (χ1n) is 8.60. The molecule has 0 aliphatic rings. The van der Waals surface area contributed by atoms with E-state index in [1.165, 1.54) is 24.4 Å². The molecule has 1 amide bonds. The standard InChI is InChI=1S/C21H15ClF4N2O/c22-18-11-14(15-8-9-27-19(23)12-15)6-5-13(18)7-10-28-20(29)16-3-1-2-4-17(16)21(24,25)26/h1-6,8-9,11-12H,7,10H2,(H,28,29).